The topological polar surface area (TPSA) is 53.4 Å². The molecule has 1 saturated carbocycles. The second-order valence-electron chi connectivity index (χ2n) is 6.73. The Bertz CT molecular complexity index is 764. The number of thiophene rings is 1. The number of aryl methyl sites for hydroxylation is 1. The van der Waals surface area contributed by atoms with Gasteiger partial charge in [0.05, 0.1) is 10.4 Å². The summed E-state index contributed by atoms with van der Waals surface area (Å²) in [5.74, 6) is 0.813. The van der Waals surface area contributed by atoms with E-state index in [2.05, 4.69) is 40.0 Å². The highest BCUT2D eigenvalue weighted by Crippen LogP contribution is 2.51. The van der Waals surface area contributed by atoms with Crippen molar-refractivity contribution in [3.05, 3.63) is 36.9 Å². The minimum Gasteiger partial charge on any atom is -0.384 e. The van der Waals surface area contributed by atoms with Gasteiger partial charge in [-0.1, -0.05) is 0 Å². The van der Waals surface area contributed by atoms with Crippen LogP contribution in [0.2, 0.25) is 0 Å². The predicted octanol–water partition coefficient (Wildman–Crippen LogP) is 3.89. The Morgan fingerprint density at radius 1 is 1.42 bits per heavy atom. The first-order chi connectivity index (χ1) is 11.5. The normalized spacial score (nSPS) is 25.7. The van der Waals surface area contributed by atoms with Crippen molar-refractivity contribution in [2.24, 2.45) is 5.92 Å². The molecule has 2 atom stereocenters. The molecule has 2 fully saturated rings. The van der Waals surface area contributed by atoms with Crippen LogP contribution in [0.5, 0.6) is 0 Å². The molecule has 1 aliphatic heterocycles. The van der Waals surface area contributed by atoms with Crippen molar-refractivity contribution in [2.45, 2.75) is 37.7 Å². The first-order valence-corrected chi connectivity index (χ1v) is 10.6. The van der Waals surface area contributed by atoms with Crippen molar-refractivity contribution in [3.8, 4) is 0 Å². The molecule has 7 heteroatoms. The van der Waals surface area contributed by atoms with Gasteiger partial charge in [-0.2, -0.15) is 0 Å². The summed E-state index contributed by atoms with van der Waals surface area (Å²) in [4.78, 5) is 22.4. The van der Waals surface area contributed by atoms with Gasteiger partial charge >= 0.3 is 0 Å². The lowest BCUT2D eigenvalue weighted by molar-refractivity contribution is -0.137. The third kappa shape index (κ3) is 2.96. The van der Waals surface area contributed by atoms with E-state index in [-0.39, 0.29) is 11.8 Å². The SMILES string of the molecule is Cc1ccc([C@@H]2C[C@H]2C(=O)N2CCC(O)(c3scnc3Br)CC2)s1. The summed E-state index contributed by atoms with van der Waals surface area (Å²) in [5, 5.41) is 10.9. The van der Waals surface area contributed by atoms with Gasteiger partial charge in [0, 0.05) is 34.7 Å². The number of hydrogen-bond donors (Lipinski definition) is 1. The lowest BCUT2D eigenvalue weighted by Gasteiger charge is -2.37. The summed E-state index contributed by atoms with van der Waals surface area (Å²) in [7, 11) is 0. The highest BCUT2D eigenvalue weighted by molar-refractivity contribution is 9.10. The average Bonchev–Trinajstić information content (AvgIpc) is 3.04. The van der Waals surface area contributed by atoms with Crippen LogP contribution in [-0.4, -0.2) is 34.0 Å². The Morgan fingerprint density at radius 2 is 2.17 bits per heavy atom. The first-order valence-electron chi connectivity index (χ1n) is 8.15. The second kappa shape index (κ2) is 6.20. The molecule has 0 bridgehead atoms. The molecule has 24 heavy (non-hydrogen) atoms. The van der Waals surface area contributed by atoms with Crippen LogP contribution in [0.3, 0.4) is 0 Å². The van der Waals surface area contributed by atoms with Crippen molar-refractivity contribution < 1.29 is 9.90 Å². The summed E-state index contributed by atoms with van der Waals surface area (Å²) in [5.41, 5.74) is 0.886. The molecule has 1 amide bonds. The summed E-state index contributed by atoms with van der Waals surface area (Å²) >= 11 is 6.69. The fourth-order valence-corrected chi connectivity index (χ4v) is 6.31. The monoisotopic (exact) mass is 426 g/mol. The Kier molecular flexibility index (Phi) is 4.31. The van der Waals surface area contributed by atoms with E-state index >= 15 is 0 Å². The molecular formula is C17H19BrN2O2S2. The van der Waals surface area contributed by atoms with Gasteiger partial charge in [-0.3, -0.25) is 4.79 Å². The van der Waals surface area contributed by atoms with Crippen LogP contribution in [0.4, 0.5) is 0 Å². The van der Waals surface area contributed by atoms with Crippen molar-refractivity contribution in [1.82, 2.24) is 9.88 Å². The van der Waals surface area contributed by atoms with E-state index < -0.39 is 5.60 Å². The molecular weight excluding hydrogens is 408 g/mol. The van der Waals surface area contributed by atoms with Crippen molar-refractivity contribution in [1.29, 1.82) is 0 Å². The standard InChI is InChI=1S/C17H19BrN2O2S2/c1-10-2-3-13(24-10)11-8-12(11)16(21)20-6-4-17(22,5-7-20)14-15(18)19-9-23-14/h2-3,9,11-12,22H,4-8H2,1H3/t11-,12-/m1/s1. The zero-order valence-electron chi connectivity index (χ0n) is 13.4. The van der Waals surface area contributed by atoms with E-state index in [9.17, 15) is 9.90 Å². The average molecular weight is 427 g/mol. The van der Waals surface area contributed by atoms with E-state index in [4.69, 9.17) is 0 Å². The summed E-state index contributed by atoms with van der Waals surface area (Å²) in [6.07, 6.45) is 2.13. The maximum atomic E-state index is 12.7. The van der Waals surface area contributed by atoms with Gasteiger partial charge in [-0.25, -0.2) is 4.98 Å². The molecule has 2 aromatic heterocycles. The maximum Gasteiger partial charge on any atom is 0.226 e. The van der Waals surface area contributed by atoms with Crippen LogP contribution in [0.15, 0.2) is 22.2 Å². The largest absolute Gasteiger partial charge is 0.384 e. The van der Waals surface area contributed by atoms with Gasteiger partial charge in [0.15, 0.2) is 0 Å². The molecule has 1 N–H and O–H groups in total. The number of amides is 1. The van der Waals surface area contributed by atoms with Gasteiger partial charge in [-0.15, -0.1) is 22.7 Å². The number of aromatic nitrogens is 1. The summed E-state index contributed by atoms with van der Waals surface area (Å²) in [6, 6.07) is 4.29. The van der Waals surface area contributed by atoms with E-state index in [0.717, 1.165) is 15.9 Å². The summed E-state index contributed by atoms with van der Waals surface area (Å²) < 4.78 is 0.727. The van der Waals surface area contributed by atoms with E-state index in [0.29, 0.717) is 31.8 Å². The molecule has 4 nitrogen and oxygen atoms in total. The van der Waals surface area contributed by atoms with Crippen LogP contribution in [0, 0.1) is 12.8 Å². The second-order valence-corrected chi connectivity index (χ2v) is 9.65. The highest BCUT2D eigenvalue weighted by atomic mass is 79.9. The number of hydrogen-bond acceptors (Lipinski definition) is 5. The van der Waals surface area contributed by atoms with Crippen LogP contribution >= 0.6 is 38.6 Å². The molecule has 0 unspecified atom stereocenters. The lowest BCUT2D eigenvalue weighted by atomic mass is 9.90. The Morgan fingerprint density at radius 3 is 2.75 bits per heavy atom. The molecule has 4 rings (SSSR count). The van der Waals surface area contributed by atoms with Gasteiger partial charge < -0.3 is 10.0 Å². The zero-order valence-corrected chi connectivity index (χ0v) is 16.6. The fourth-order valence-electron chi connectivity index (χ4n) is 3.53. The van der Waals surface area contributed by atoms with E-state index in [1.807, 2.05) is 4.90 Å². The smallest absolute Gasteiger partial charge is 0.226 e. The number of piperidine rings is 1. The number of thiazole rings is 1. The molecule has 0 radical (unpaired) electrons. The Balaban J connectivity index is 1.38. The molecule has 0 spiro atoms. The minimum absolute atomic E-state index is 0.143. The van der Waals surface area contributed by atoms with Gasteiger partial charge in [0.25, 0.3) is 0 Å². The quantitative estimate of drug-likeness (QED) is 0.809. The number of aliphatic hydroxyl groups is 1. The molecule has 1 saturated heterocycles. The zero-order chi connectivity index (χ0) is 16.9. The number of rotatable bonds is 3. The minimum atomic E-state index is -0.857. The van der Waals surface area contributed by atoms with Crippen molar-refractivity contribution >= 4 is 44.5 Å². The highest BCUT2D eigenvalue weighted by Gasteiger charge is 2.48. The Hall–Kier alpha value is -0.760. The van der Waals surface area contributed by atoms with Crippen molar-refractivity contribution in [2.75, 3.05) is 13.1 Å². The third-order valence-electron chi connectivity index (χ3n) is 5.08. The predicted molar refractivity (Wildman–Crippen MR) is 99.4 cm³/mol. The number of halogens is 1. The molecule has 1 aliphatic carbocycles. The van der Waals surface area contributed by atoms with Crippen LogP contribution in [-0.2, 0) is 10.4 Å². The number of carbonyl (C=O) groups is 1. The van der Waals surface area contributed by atoms with Gasteiger partial charge in [0.1, 0.15) is 10.2 Å². The van der Waals surface area contributed by atoms with Crippen molar-refractivity contribution in [3.63, 3.8) is 0 Å². The van der Waals surface area contributed by atoms with Crippen LogP contribution in [0.1, 0.15) is 39.8 Å². The van der Waals surface area contributed by atoms with E-state index in [1.165, 1.54) is 21.1 Å². The fraction of sp³-hybridized carbons (Fsp3) is 0.529. The molecule has 2 aromatic rings. The van der Waals surface area contributed by atoms with E-state index in [1.54, 1.807) is 16.8 Å². The summed E-state index contributed by atoms with van der Waals surface area (Å²) in [6.45, 7) is 3.34. The van der Waals surface area contributed by atoms with Crippen LogP contribution in [0.25, 0.3) is 0 Å². The molecule has 0 aromatic carbocycles. The van der Waals surface area contributed by atoms with Crippen LogP contribution < -0.4 is 0 Å². The number of nitrogens with zero attached hydrogens (tertiary/aromatic N) is 2. The maximum absolute atomic E-state index is 12.7. The molecule has 3 heterocycles. The number of carbonyl (C=O) groups excluding carboxylic acids is 1. The lowest BCUT2D eigenvalue weighted by Crippen LogP contribution is -2.45. The van der Waals surface area contributed by atoms with Gasteiger partial charge in [0.2, 0.25) is 5.91 Å². The molecule has 2 aliphatic rings. The molecule has 128 valence electrons. The van der Waals surface area contributed by atoms with Gasteiger partial charge in [-0.05, 0) is 54.2 Å². The Labute approximate surface area is 157 Å². The first kappa shape index (κ1) is 16.7. The number of likely N-dealkylation sites (tertiary alicyclic amines) is 1. The third-order valence-corrected chi connectivity index (χ3v) is 8.10.